The lowest BCUT2D eigenvalue weighted by Gasteiger charge is -2.23. The first-order valence-electron chi connectivity index (χ1n) is 6.55. The van der Waals surface area contributed by atoms with Crippen molar-refractivity contribution in [2.24, 2.45) is 5.73 Å². The van der Waals surface area contributed by atoms with E-state index in [0.29, 0.717) is 25.4 Å². The number of rotatable bonds is 9. The number of nitrogens with one attached hydrogen (secondary N) is 2. The fourth-order valence-electron chi connectivity index (χ4n) is 1.84. The molecular formula is C12H25N3O2. The molecule has 5 nitrogen and oxygen atoms in total. The standard InChI is InChI=1S/C12H25N3O2/c1-2-9(5-6-16)14-11(8-13)7-12(17)15-10-3-4-10/h9-11,14,16H,2-8,13H2,1H3,(H,15,17). The molecule has 1 rings (SSSR count). The molecule has 5 N–H and O–H groups in total. The van der Waals surface area contributed by atoms with Crippen molar-refractivity contribution < 1.29 is 9.90 Å². The molecule has 0 bridgehead atoms. The molecule has 100 valence electrons. The largest absolute Gasteiger partial charge is 0.396 e. The summed E-state index contributed by atoms with van der Waals surface area (Å²) >= 11 is 0. The lowest BCUT2D eigenvalue weighted by Crippen LogP contribution is -2.46. The Morgan fingerprint density at radius 3 is 2.65 bits per heavy atom. The van der Waals surface area contributed by atoms with E-state index < -0.39 is 0 Å². The van der Waals surface area contributed by atoms with Gasteiger partial charge in [0, 0.05) is 37.7 Å². The normalized spacial score (nSPS) is 18.8. The Kier molecular flexibility index (Phi) is 6.47. The van der Waals surface area contributed by atoms with Gasteiger partial charge in [-0.3, -0.25) is 4.79 Å². The van der Waals surface area contributed by atoms with Crippen LogP contribution in [-0.4, -0.2) is 42.3 Å². The second kappa shape index (κ2) is 7.63. The molecule has 0 aromatic rings. The fourth-order valence-corrected chi connectivity index (χ4v) is 1.84. The van der Waals surface area contributed by atoms with Gasteiger partial charge in [-0.25, -0.2) is 0 Å². The molecule has 1 amide bonds. The molecule has 0 heterocycles. The van der Waals surface area contributed by atoms with Gasteiger partial charge in [0.1, 0.15) is 0 Å². The highest BCUT2D eigenvalue weighted by Gasteiger charge is 2.24. The summed E-state index contributed by atoms with van der Waals surface area (Å²) in [6, 6.07) is 0.646. The number of carbonyl (C=O) groups excluding carboxylic acids is 1. The predicted molar refractivity (Wildman–Crippen MR) is 67.5 cm³/mol. The third kappa shape index (κ3) is 6.00. The number of amides is 1. The van der Waals surface area contributed by atoms with Crippen molar-refractivity contribution >= 4 is 5.91 Å². The average molecular weight is 243 g/mol. The highest BCUT2D eigenvalue weighted by Crippen LogP contribution is 2.18. The van der Waals surface area contributed by atoms with Gasteiger partial charge < -0.3 is 21.5 Å². The summed E-state index contributed by atoms with van der Waals surface area (Å²) in [6.07, 6.45) is 4.27. The number of hydrogen-bond donors (Lipinski definition) is 4. The molecule has 0 spiro atoms. The Hall–Kier alpha value is -0.650. The molecule has 5 heteroatoms. The van der Waals surface area contributed by atoms with Crippen molar-refractivity contribution in [3.8, 4) is 0 Å². The van der Waals surface area contributed by atoms with Crippen LogP contribution in [0.15, 0.2) is 0 Å². The van der Waals surface area contributed by atoms with Crippen molar-refractivity contribution in [3.05, 3.63) is 0 Å². The molecule has 1 fully saturated rings. The third-order valence-corrected chi connectivity index (χ3v) is 3.10. The molecule has 1 aliphatic carbocycles. The van der Waals surface area contributed by atoms with Gasteiger partial charge in [-0.15, -0.1) is 0 Å². The van der Waals surface area contributed by atoms with E-state index in [0.717, 1.165) is 19.3 Å². The summed E-state index contributed by atoms with van der Waals surface area (Å²) in [7, 11) is 0. The van der Waals surface area contributed by atoms with Crippen LogP contribution in [0.2, 0.25) is 0 Å². The maximum absolute atomic E-state index is 11.6. The van der Waals surface area contributed by atoms with Crippen molar-refractivity contribution in [1.29, 1.82) is 0 Å². The minimum Gasteiger partial charge on any atom is -0.396 e. The Balaban J connectivity index is 2.27. The van der Waals surface area contributed by atoms with Crippen LogP contribution in [0.25, 0.3) is 0 Å². The van der Waals surface area contributed by atoms with Crippen LogP contribution in [-0.2, 0) is 4.79 Å². The van der Waals surface area contributed by atoms with Crippen molar-refractivity contribution in [3.63, 3.8) is 0 Å². The van der Waals surface area contributed by atoms with E-state index in [9.17, 15) is 4.79 Å². The van der Waals surface area contributed by atoms with Gasteiger partial charge in [-0.1, -0.05) is 6.92 Å². The Labute approximate surface area is 103 Å². The van der Waals surface area contributed by atoms with Crippen molar-refractivity contribution in [2.45, 2.75) is 57.2 Å². The molecule has 0 aliphatic heterocycles. The summed E-state index contributed by atoms with van der Waals surface area (Å²) in [5.41, 5.74) is 5.66. The van der Waals surface area contributed by atoms with Gasteiger partial charge in [0.05, 0.1) is 0 Å². The molecule has 2 atom stereocenters. The predicted octanol–water partition coefficient (Wildman–Crippen LogP) is -0.267. The van der Waals surface area contributed by atoms with Crippen LogP contribution in [0.1, 0.15) is 39.0 Å². The van der Waals surface area contributed by atoms with Crippen LogP contribution >= 0.6 is 0 Å². The zero-order valence-electron chi connectivity index (χ0n) is 10.6. The Bertz CT molecular complexity index is 232. The van der Waals surface area contributed by atoms with E-state index in [1.807, 2.05) is 0 Å². The average Bonchev–Trinajstić information content (AvgIpc) is 3.10. The van der Waals surface area contributed by atoms with E-state index in [-0.39, 0.29) is 24.6 Å². The highest BCUT2D eigenvalue weighted by molar-refractivity contribution is 5.77. The fraction of sp³-hybridized carbons (Fsp3) is 0.917. The quantitative estimate of drug-likeness (QED) is 0.449. The van der Waals surface area contributed by atoms with Crippen LogP contribution in [0.5, 0.6) is 0 Å². The lowest BCUT2D eigenvalue weighted by atomic mass is 10.1. The second-order valence-electron chi connectivity index (χ2n) is 4.76. The van der Waals surface area contributed by atoms with Gasteiger partial charge in [0.15, 0.2) is 0 Å². The molecule has 0 aromatic carbocycles. The van der Waals surface area contributed by atoms with Crippen LogP contribution in [0.4, 0.5) is 0 Å². The number of aliphatic hydroxyl groups excluding tert-OH is 1. The van der Waals surface area contributed by atoms with E-state index in [1.165, 1.54) is 0 Å². The van der Waals surface area contributed by atoms with Gasteiger partial charge >= 0.3 is 0 Å². The van der Waals surface area contributed by atoms with E-state index in [2.05, 4.69) is 17.6 Å². The van der Waals surface area contributed by atoms with Gasteiger partial charge in [-0.2, -0.15) is 0 Å². The number of aliphatic hydroxyl groups is 1. The summed E-state index contributed by atoms with van der Waals surface area (Å²) < 4.78 is 0. The number of nitrogens with two attached hydrogens (primary N) is 1. The van der Waals surface area contributed by atoms with E-state index in [4.69, 9.17) is 10.8 Å². The third-order valence-electron chi connectivity index (χ3n) is 3.10. The zero-order chi connectivity index (χ0) is 12.7. The van der Waals surface area contributed by atoms with Crippen LogP contribution in [0, 0.1) is 0 Å². The topological polar surface area (TPSA) is 87.4 Å². The molecule has 2 unspecified atom stereocenters. The molecule has 17 heavy (non-hydrogen) atoms. The Morgan fingerprint density at radius 2 is 2.18 bits per heavy atom. The summed E-state index contributed by atoms with van der Waals surface area (Å²) in [5.74, 6) is 0.0781. The maximum Gasteiger partial charge on any atom is 0.221 e. The highest BCUT2D eigenvalue weighted by atomic mass is 16.3. The van der Waals surface area contributed by atoms with E-state index in [1.54, 1.807) is 0 Å². The number of carbonyl (C=O) groups is 1. The van der Waals surface area contributed by atoms with Crippen molar-refractivity contribution in [2.75, 3.05) is 13.2 Å². The molecule has 0 radical (unpaired) electrons. The molecule has 1 saturated carbocycles. The number of hydrogen-bond acceptors (Lipinski definition) is 4. The smallest absolute Gasteiger partial charge is 0.221 e. The minimum absolute atomic E-state index is 0.00486. The summed E-state index contributed by atoms with van der Waals surface area (Å²) in [5, 5.41) is 15.2. The minimum atomic E-state index is 0.00486. The molecule has 0 saturated heterocycles. The molecule has 1 aliphatic rings. The first-order chi connectivity index (χ1) is 8.19. The monoisotopic (exact) mass is 243 g/mol. The van der Waals surface area contributed by atoms with Crippen LogP contribution in [0.3, 0.4) is 0 Å². The van der Waals surface area contributed by atoms with Gasteiger partial charge in [0.25, 0.3) is 0 Å². The first-order valence-corrected chi connectivity index (χ1v) is 6.55. The summed E-state index contributed by atoms with van der Waals surface area (Å²) in [4.78, 5) is 11.6. The van der Waals surface area contributed by atoms with Gasteiger partial charge in [0.2, 0.25) is 5.91 Å². The molecule has 0 aromatic heterocycles. The van der Waals surface area contributed by atoms with Crippen LogP contribution < -0.4 is 16.4 Å². The van der Waals surface area contributed by atoms with E-state index >= 15 is 0 Å². The maximum atomic E-state index is 11.6. The first kappa shape index (κ1) is 14.4. The summed E-state index contributed by atoms with van der Waals surface area (Å²) in [6.45, 7) is 2.67. The zero-order valence-corrected chi connectivity index (χ0v) is 10.6. The Morgan fingerprint density at radius 1 is 1.47 bits per heavy atom. The second-order valence-corrected chi connectivity index (χ2v) is 4.76. The SMILES string of the molecule is CCC(CCO)NC(CN)CC(=O)NC1CC1. The lowest BCUT2D eigenvalue weighted by molar-refractivity contribution is -0.121. The van der Waals surface area contributed by atoms with Crippen molar-refractivity contribution in [1.82, 2.24) is 10.6 Å². The van der Waals surface area contributed by atoms with Gasteiger partial charge in [-0.05, 0) is 25.7 Å². The molecular weight excluding hydrogens is 218 g/mol.